The monoisotopic (exact) mass is 352 g/mol. The lowest BCUT2D eigenvalue weighted by molar-refractivity contribution is 0.398. The van der Waals surface area contributed by atoms with Crippen molar-refractivity contribution >= 4 is 39.1 Å². The molecule has 0 radical (unpaired) electrons. The molecule has 1 aromatic heterocycles. The number of anilines is 1. The number of hydrogen-bond acceptors (Lipinski definition) is 4. The van der Waals surface area contributed by atoms with E-state index < -0.39 is 0 Å². The molecule has 0 aliphatic carbocycles. The predicted octanol–water partition coefficient (Wildman–Crippen LogP) is 3.65. The summed E-state index contributed by atoms with van der Waals surface area (Å²) >= 11 is 8.66. The van der Waals surface area contributed by atoms with E-state index in [-0.39, 0.29) is 0 Å². The van der Waals surface area contributed by atoms with E-state index in [0.29, 0.717) is 22.6 Å². The van der Waals surface area contributed by atoms with Crippen molar-refractivity contribution in [3.8, 4) is 11.6 Å². The molecular formula is C14H13BrN2O2S. The molecule has 0 spiro atoms. The number of pyridine rings is 1. The van der Waals surface area contributed by atoms with Crippen LogP contribution in [0.2, 0.25) is 0 Å². The Hall–Kier alpha value is -1.66. The fourth-order valence-electron chi connectivity index (χ4n) is 1.50. The van der Waals surface area contributed by atoms with Crippen LogP contribution in [0.25, 0.3) is 0 Å². The molecule has 20 heavy (non-hydrogen) atoms. The number of aromatic nitrogens is 1. The first kappa shape index (κ1) is 14.7. The second kappa shape index (κ2) is 6.67. The summed E-state index contributed by atoms with van der Waals surface area (Å²) in [5.41, 5.74) is 0. The number of nitrogens with zero attached hydrogens (tertiary/aromatic N) is 2. The van der Waals surface area contributed by atoms with Crippen LogP contribution in [0, 0.1) is 0 Å². The molecule has 0 bridgehead atoms. The molecule has 0 unspecified atom stereocenters. The van der Waals surface area contributed by atoms with E-state index in [1.54, 1.807) is 25.1 Å². The summed E-state index contributed by atoms with van der Waals surface area (Å²) in [6.07, 6.45) is 0. The lowest BCUT2D eigenvalue weighted by Gasteiger charge is -2.19. The summed E-state index contributed by atoms with van der Waals surface area (Å²) in [5, 5.41) is 0.309. The summed E-state index contributed by atoms with van der Waals surface area (Å²) in [4.78, 5) is 5.98. The summed E-state index contributed by atoms with van der Waals surface area (Å²) in [5.74, 6) is 1.85. The Bertz CT molecular complexity index is 622. The van der Waals surface area contributed by atoms with E-state index in [9.17, 15) is 0 Å². The van der Waals surface area contributed by atoms with Gasteiger partial charge in [0.1, 0.15) is 11.6 Å². The fraction of sp³-hybridized carbons (Fsp3) is 0.143. The molecule has 0 atom stereocenters. The zero-order chi connectivity index (χ0) is 14.5. The highest BCUT2D eigenvalue weighted by molar-refractivity contribution is 9.10. The van der Waals surface area contributed by atoms with Crippen LogP contribution in [0.1, 0.15) is 0 Å². The molecule has 4 nitrogen and oxygen atoms in total. The molecule has 0 fully saturated rings. The van der Waals surface area contributed by atoms with Gasteiger partial charge >= 0.3 is 0 Å². The maximum absolute atomic E-state index is 5.63. The topological polar surface area (TPSA) is 34.6 Å². The van der Waals surface area contributed by atoms with Crippen molar-refractivity contribution in [1.29, 1.82) is 0 Å². The lowest BCUT2D eigenvalue weighted by atomic mass is 10.3. The van der Waals surface area contributed by atoms with Crippen LogP contribution in [0.5, 0.6) is 11.6 Å². The summed E-state index contributed by atoms with van der Waals surface area (Å²) < 4.78 is 11.7. The summed E-state index contributed by atoms with van der Waals surface area (Å²) in [6, 6.07) is 12.9. The summed E-state index contributed by atoms with van der Waals surface area (Å²) in [7, 11) is 3.37. The highest BCUT2D eigenvalue weighted by atomic mass is 79.9. The maximum Gasteiger partial charge on any atom is 0.270 e. The maximum atomic E-state index is 5.63. The zero-order valence-electron chi connectivity index (χ0n) is 11.0. The first-order chi connectivity index (χ1) is 9.60. The Morgan fingerprint density at radius 3 is 2.70 bits per heavy atom. The predicted molar refractivity (Wildman–Crippen MR) is 86.6 cm³/mol. The average molecular weight is 353 g/mol. The Kier molecular flexibility index (Phi) is 4.92. The number of ether oxygens (including phenoxy) is 2. The van der Waals surface area contributed by atoms with Gasteiger partial charge in [0, 0.05) is 17.6 Å². The molecule has 2 aromatic rings. The van der Waals surface area contributed by atoms with Gasteiger partial charge in [0.05, 0.1) is 7.11 Å². The first-order valence-corrected chi connectivity index (χ1v) is 7.02. The highest BCUT2D eigenvalue weighted by Gasteiger charge is 2.11. The molecule has 0 aliphatic heterocycles. The largest absolute Gasteiger partial charge is 0.481 e. The van der Waals surface area contributed by atoms with Crippen LogP contribution in [0.4, 0.5) is 5.82 Å². The van der Waals surface area contributed by atoms with Gasteiger partial charge in [-0.3, -0.25) is 4.90 Å². The third-order valence-electron chi connectivity index (χ3n) is 2.54. The second-order valence-electron chi connectivity index (χ2n) is 3.92. The van der Waals surface area contributed by atoms with Crippen molar-refractivity contribution in [3.63, 3.8) is 0 Å². The summed E-state index contributed by atoms with van der Waals surface area (Å²) in [6.45, 7) is 0. The van der Waals surface area contributed by atoms with E-state index in [0.717, 1.165) is 4.47 Å². The van der Waals surface area contributed by atoms with E-state index in [4.69, 9.17) is 21.7 Å². The number of halogens is 1. The normalized spacial score (nSPS) is 9.95. The third kappa shape index (κ3) is 3.68. The van der Waals surface area contributed by atoms with Crippen LogP contribution in [-0.4, -0.2) is 24.3 Å². The van der Waals surface area contributed by atoms with Crippen molar-refractivity contribution in [2.75, 3.05) is 19.1 Å². The Balaban J connectivity index is 2.12. The van der Waals surface area contributed by atoms with Crippen molar-refractivity contribution in [2.45, 2.75) is 0 Å². The van der Waals surface area contributed by atoms with Gasteiger partial charge in [0.2, 0.25) is 5.88 Å². The standard InChI is InChI=1S/C14H13BrN2O2S/c1-17(12-7-4-8-13(16-12)18-2)14(20)19-11-6-3-5-10(15)9-11/h3-9H,1-2H3. The van der Waals surface area contributed by atoms with Gasteiger partial charge in [-0.2, -0.15) is 4.98 Å². The number of benzene rings is 1. The van der Waals surface area contributed by atoms with E-state index in [1.807, 2.05) is 36.4 Å². The SMILES string of the molecule is COc1cccc(N(C)C(=S)Oc2cccc(Br)c2)n1. The molecule has 0 N–H and O–H groups in total. The number of thiocarbonyl (C=S) groups is 1. The van der Waals surface area contributed by atoms with Crippen LogP contribution in [0.15, 0.2) is 46.9 Å². The minimum absolute atomic E-state index is 0.309. The van der Waals surface area contributed by atoms with Crippen LogP contribution in [0.3, 0.4) is 0 Å². The molecule has 1 heterocycles. The Labute approximate surface area is 131 Å². The Morgan fingerprint density at radius 1 is 1.25 bits per heavy atom. The molecule has 1 aromatic carbocycles. The van der Waals surface area contributed by atoms with Crippen LogP contribution < -0.4 is 14.4 Å². The quantitative estimate of drug-likeness (QED) is 0.787. The minimum Gasteiger partial charge on any atom is -0.481 e. The highest BCUT2D eigenvalue weighted by Crippen LogP contribution is 2.20. The van der Waals surface area contributed by atoms with Crippen molar-refractivity contribution in [1.82, 2.24) is 4.98 Å². The lowest BCUT2D eigenvalue weighted by Crippen LogP contribution is -2.29. The van der Waals surface area contributed by atoms with Crippen LogP contribution >= 0.6 is 28.1 Å². The molecule has 0 saturated heterocycles. The third-order valence-corrected chi connectivity index (χ3v) is 3.39. The number of methoxy groups -OCH3 is 1. The average Bonchev–Trinajstić information content (AvgIpc) is 2.46. The second-order valence-corrected chi connectivity index (χ2v) is 5.19. The zero-order valence-corrected chi connectivity index (χ0v) is 13.4. The van der Waals surface area contributed by atoms with Gasteiger partial charge in [-0.05, 0) is 36.5 Å². The van der Waals surface area contributed by atoms with E-state index in [1.165, 1.54) is 0 Å². The van der Waals surface area contributed by atoms with Gasteiger partial charge in [-0.25, -0.2) is 0 Å². The first-order valence-electron chi connectivity index (χ1n) is 5.82. The Morgan fingerprint density at radius 2 is 2.00 bits per heavy atom. The molecule has 2 rings (SSSR count). The number of hydrogen-bond donors (Lipinski definition) is 0. The molecule has 0 aliphatic rings. The van der Waals surface area contributed by atoms with Gasteiger partial charge in [0.25, 0.3) is 5.17 Å². The van der Waals surface area contributed by atoms with Gasteiger partial charge in [-0.15, -0.1) is 0 Å². The van der Waals surface area contributed by atoms with E-state index in [2.05, 4.69) is 20.9 Å². The van der Waals surface area contributed by atoms with Crippen molar-refractivity contribution in [3.05, 3.63) is 46.9 Å². The fourth-order valence-corrected chi connectivity index (χ4v) is 2.07. The van der Waals surface area contributed by atoms with Crippen LogP contribution in [-0.2, 0) is 0 Å². The molecule has 104 valence electrons. The molecule has 0 saturated carbocycles. The molecule has 6 heteroatoms. The van der Waals surface area contributed by atoms with Gasteiger partial charge < -0.3 is 9.47 Å². The molecular weight excluding hydrogens is 340 g/mol. The molecule has 0 amide bonds. The van der Waals surface area contributed by atoms with Crippen molar-refractivity contribution < 1.29 is 9.47 Å². The van der Waals surface area contributed by atoms with Gasteiger partial charge in [0.15, 0.2) is 0 Å². The van der Waals surface area contributed by atoms with Gasteiger partial charge in [-0.1, -0.05) is 28.1 Å². The van der Waals surface area contributed by atoms with Crippen molar-refractivity contribution in [2.24, 2.45) is 0 Å². The smallest absolute Gasteiger partial charge is 0.270 e. The number of rotatable bonds is 3. The minimum atomic E-state index is 0.309. The van der Waals surface area contributed by atoms with E-state index >= 15 is 0 Å².